The third-order valence-corrected chi connectivity index (χ3v) is 4.18. The van der Waals surface area contributed by atoms with Gasteiger partial charge in [0.1, 0.15) is 5.75 Å². The van der Waals surface area contributed by atoms with Gasteiger partial charge in [0, 0.05) is 24.3 Å². The molecule has 1 aliphatic heterocycles. The minimum Gasteiger partial charge on any atom is -0.465 e. The molecule has 1 fully saturated rings. The number of likely N-dealkylation sites (tertiary alicyclic amines) is 1. The minimum atomic E-state index is -0.400. The normalized spacial score (nSPS) is 17.8. The van der Waals surface area contributed by atoms with Crippen LogP contribution in [0.2, 0.25) is 0 Å². The topological polar surface area (TPSA) is 55.8 Å². The summed E-state index contributed by atoms with van der Waals surface area (Å²) in [4.78, 5) is 26.3. The molecule has 0 bridgehead atoms. The lowest BCUT2D eigenvalue weighted by molar-refractivity contribution is -0.139. The van der Waals surface area contributed by atoms with Crippen molar-refractivity contribution in [3.63, 3.8) is 0 Å². The second-order valence-electron chi connectivity index (χ2n) is 5.85. The van der Waals surface area contributed by atoms with E-state index in [-0.39, 0.29) is 17.7 Å². The lowest BCUT2D eigenvalue weighted by atomic mass is 9.89. The molecule has 25 heavy (non-hydrogen) atoms. The number of benzene rings is 2. The van der Waals surface area contributed by atoms with Gasteiger partial charge < -0.3 is 9.47 Å². The van der Waals surface area contributed by atoms with E-state index >= 15 is 0 Å². The van der Waals surface area contributed by atoms with Gasteiger partial charge in [0.15, 0.2) is 6.29 Å². The molecule has 0 radical (unpaired) electrons. The number of imide groups is 1. The summed E-state index contributed by atoms with van der Waals surface area (Å²) < 4.78 is 11.2. The van der Waals surface area contributed by atoms with E-state index in [4.69, 9.17) is 9.47 Å². The van der Waals surface area contributed by atoms with Gasteiger partial charge in [-0.2, -0.15) is 0 Å². The third-order valence-electron chi connectivity index (χ3n) is 4.18. The maximum Gasteiger partial charge on any atom is 0.260 e. The number of hydrogen-bond donors (Lipinski definition) is 0. The predicted octanol–water partition coefficient (Wildman–Crippen LogP) is 3.21. The molecule has 0 spiro atoms. The highest BCUT2D eigenvalue weighted by molar-refractivity contribution is 6.10. The molecule has 5 nitrogen and oxygen atoms in total. The predicted molar refractivity (Wildman–Crippen MR) is 93.4 cm³/mol. The number of carbonyl (C=O) groups excluding carboxylic acids is 2. The Bertz CT molecular complexity index is 759. The second-order valence-corrected chi connectivity index (χ2v) is 5.85. The summed E-state index contributed by atoms with van der Waals surface area (Å²) in [7, 11) is 0. The Labute approximate surface area is 147 Å². The Hall–Kier alpha value is -2.66. The largest absolute Gasteiger partial charge is 0.465 e. The van der Waals surface area contributed by atoms with Crippen molar-refractivity contribution in [2.24, 2.45) is 0 Å². The summed E-state index contributed by atoms with van der Waals surface area (Å²) in [5.74, 6) is -0.205. The Morgan fingerprint density at radius 2 is 1.84 bits per heavy atom. The average molecular weight is 339 g/mol. The number of hydrogen-bond acceptors (Lipinski definition) is 4. The van der Waals surface area contributed by atoms with Crippen LogP contribution in [0.25, 0.3) is 0 Å². The molecule has 0 aromatic heterocycles. The lowest BCUT2D eigenvalue weighted by Crippen LogP contribution is -2.53. The van der Waals surface area contributed by atoms with Crippen LogP contribution in [0.3, 0.4) is 0 Å². The molecular weight excluding hydrogens is 318 g/mol. The van der Waals surface area contributed by atoms with Crippen LogP contribution >= 0.6 is 0 Å². The third kappa shape index (κ3) is 3.56. The van der Waals surface area contributed by atoms with E-state index in [0.29, 0.717) is 24.5 Å². The van der Waals surface area contributed by atoms with Crippen molar-refractivity contribution in [2.45, 2.75) is 26.1 Å². The molecule has 2 aromatic carbocycles. The minimum absolute atomic E-state index is 0.200. The van der Waals surface area contributed by atoms with Crippen molar-refractivity contribution in [1.29, 1.82) is 0 Å². The highest BCUT2D eigenvalue weighted by Gasteiger charge is 2.43. The fraction of sp³-hybridized carbons (Fsp3) is 0.300. The smallest absolute Gasteiger partial charge is 0.260 e. The highest BCUT2D eigenvalue weighted by Crippen LogP contribution is 2.35. The molecule has 1 heterocycles. The lowest BCUT2D eigenvalue weighted by Gasteiger charge is -2.37. The molecule has 3 rings (SSSR count). The van der Waals surface area contributed by atoms with E-state index in [2.05, 4.69) is 0 Å². The van der Waals surface area contributed by atoms with Gasteiger partial charge in [-0.1, -0.05) is 36.4 Å². The molecule has 1 aliphatic rings. The van der Waals surface area contributed by atoms with Gasteiger partial charge in [-0.25, -0.2) is 0 Å². The van der Waals surface area contributed by atoms with Crippen molar-refractivity contribution in [3.05, 3.63) is 65.7 Å². The van der Waals surface area contributed by atoms with Crippen LogP contribution in [0.4, 0.5) is 0 Å². The first-order valence-electron chi connectivity index (χ1n) is 8.39. The number of rotatable bonds is 6. The van der Waals surface area contributed by atoms with E-state index in [0.717, 1.165) is 5.56 Å². The number of para-hydroxylation sites is 1. The molecule has 1 saturated heterocycles. The molecule has 2 aromatic rings. The summed E-state index contributed by atoms with van der Waals surface area (Å²) in [6.07, 6.45) is -0.400. The van der Waals surface area contributed by atoms with E-state index in [1.165, 1.54) is 4.90 Å². The van der Waals surface area contributed by atoms with Crippen LogP contribution in [0, 0.1) is 0 Å². The first kappa shape index (κ1) is 17.2. The maximum absolute atomic E-state index is 12.6. The van der Waals surface area contributed by atoms with Gasteiger partial charge in [0.25, 0.3) is 5.91 Å². The summed E-state index contributed by atoms with van der Waals surface area (Å²) in [5.41, 5.74) is 1.31. The number of carbonyl (C=O) groups is 2. The highest BCUT2D eigenvalue weighted by atomic mass is 16.7. The Morgan fingerprint density at radius 3 is 2.52 bits per heavy atom. The average Bonchev–Trinajstić information content (AvgIpc) is 2.62. The van der Waals surface area contributed by atoms with Crippen LogP contribution < -0.4 is 4.74 Å². The Morgan fingerprint density at radius 1 is 1.16 bits per heavy atom. The van der Waals surface area contributed by atoms with E-state index < -0.39 is 6.29 Å². The molecular formula is C20H21NO4. The number of ether oxygens (including phenoxy) is 2. The van der Waals surface area contributed by atoms with Crippen molar-refractivity contribution < 1.29 is 19.1 Å². The molecule has 2 unspecified atom stereocenters. The molecule has 5 heteroatoms. The number of β-lactam (4-membered cyclic amide) rings is 1. The summed E-state index contributed by atoms with van der Waals surface area (Å²) in [5, 5.41) is 0. The molecule has 0 aliphatic carbocycles. The fourth-order valence-electron chi connectivity index (χ4n) is 2.90. The summed E-state index contributed by atoms with van der Waals surface area (Å²) in [6, 6.07) is 16.2. The van der Waals surface area contributed by atoms with Gasteiger partial charge in [0.2, 0.25) is 5.91 Å². The molecule has 0 N–H and O–H groups in total. The van der Waals surface area contributed by atoms with Crippen LogP contribution in [0.15, 0.2) is 54.6 Å². The molecule has 2 atom stereocenters. The van der Waals surface area contributed by atoms with Crippen molar-refractivity contribution in [3.8, 4) is 5.75 Å². The monoisotopic (exact) mass is 339 g/mol. The molecule has 0 saturated carbocycles. The van der Waals surface area contributed by atoms with E-state index in [9.17, 15) is 9.59 Å². The van der Waals surface area contributed by atoms with Gasteiger partial charge in [-0.3, -0.25) is 14.5 Å². The second kappa shape index (κ2) is 7.49. The fourth-order valence-corrected chi connectivity index (χ4v) is 2.90. The van der Waals surface area contributed by atoms with E-state index in [1.807, 2.05) is 44.2 Å². The van der Waals surface area contributed by atoms with E-state index in [1.54, 1.807) is 24.3 Å². The van der Waals surface area contributed by atoms with Gasteiger partial charge >= 0.3 is 0 Å². The standard InChI is InChI=1S/C20H21NO4/c1-3-24-14(2)25-18-12-8-7-11-16(18)17-13-21(20(17)23)19(22)15-9-5-4-6-10-15/h4-12,14,17H,3,13H2,1-2H3. The summed E-state index contributed by atoms with van der Waals surface area (Å²) in [6.45, 7) is 4.61. The van der Waals surface area contributed by atoms with Crippen LogP contribution in [-0.4, -0.2) is 36.2 Å². The molecule has 130 valence electrons. The van der Waals surface area contributed by atoms with Crippen LogP contribution in [-0.2, 0) is 9.53 Å². The number of amides is 2. The van der Waals surface area contributed by atoms with Gasteiger partial charge in [0.05, 0.1) is 5.92 Å². The quantitative estimate of drug-likeness (QED) is 0.461. The first-order chi connectivity index (χ1) is 12.1. The zero-order chi connectivity index (χ0) is 17.8. The Kier molecular flexibility index (Phi) is 5.14. The van der Waals surface area contributed by atoms with Crippen LogP contribution in [0.1, 0.15) is 35.7 Å². The maximum atomic E-state index is 12.6. The zero-order valence-electron chi connectivity index (χ0n) is 14.3. The summed E-state index contributed by atoms with van der Waals surface area (Å²) >= 11 is 0. The SMILES string of the molecule is CCOC(C)Oc1ccccc1C1CN(C(=O)c2ccccc2)C1=O. The van der Waals surface area contributed by atoms with Crippen molar-refractivity contribution in [2.75, 3.05) is 13.2 Å². The molecule has 2 amide bonds. The zero-order valence-corrected chi connectivity index (χ0v) is 14.3. The van der Waals surface area contributed by atoms with Gasteiger partial charge in [-0.05, 0) is 32.0 Å². The van der Waals surface area contributed by atoms with Crippen molar-refractivity contribution >= 4 is 11.8 Å². The Balaban J connectivity index is 1.73. The van der Waals surface area contributed by atoms with Crippen molar-refractivity contribution in [1.82, 2.24) is 4.90 Å². The number of nitrogens with zero attached hydrogens (tertiary/aromatic N) is 1. The first-order valence-corrected chi connectivity index (χ1v) is 8.39. The van der Waals surface area contributed by atoms with Gasteiger partial charge in [-0.15, -0.1) is 0 Å². The van der Waals surface area contributed by atoms with Crippen LogP contribution in [0.5, 0.6) is 5.75 Å².